The highest BCUT2D eigenvalue weighted by Crippen LogP contribution is 2.29. The summed E-state index contributed by atoms with van der Waals surface area (Å²) in [5.74, 6) is 1.24. The van der Waals surface area contributed by atoms with Crippen LogP contribution >= 0.6 is 0 Å². The molecule has 2 heterocycles. The summed E-state index contributed by atoms with van der Waals surface area (Å²) >= 11 is 0. The Morgan fingerprint density at radius 1 is 1.24 bits per heavy atom. The number of nitrogens with one attached hydrogen (secondary N) is 1. The normalized spacial score (nSPS) is 17.8. The number of allylic oxidation sites excluding steroid dienone is 4. The molecule has 0 radical (unpaired) electrons. The molecule has 0 aromatic carbocycles. The standard InChI is InChI=1S/C13H14N6O2/c14-12-11(13(15)19-18-12)17-16-10-7-20-6-9(21-10)8-4-2-1-3-5-8/h1-2,4,6-7H,3,5H2,(H5,14,15,18,19). The van der Waals surface area contributed by atoms with Gasteiger partial charge in [-0.3, -0.25) is 5.10 Å². The van der Waals surface area contributed by atoms with Gasteiger partial charge < -0.3 is 20.9 Å². The number of nitrogens with two attached hydrogens (primary N) is 2. The molecule has 0 spiro atoms. The second-order valence-electron chi connectivity index (χ2n) is 4.41. The number of ether oxygens (including phenoxy) is 2. The maximum atomic E-state index is 5.63. The van der Waals surface area contributed by atoms with Crippen LogP contribution in [0.3, 0.4) is 0 Å². The quantitative estimate of drug-likeness (QED) is 0.737. The minimum atomic E-state index is 0.171. The van der Waals surface area contributed by atoms with Crippen molar-refractivity contribution in [3.8, 4) is 0 Å². The third kappa shape index (κ3) is 2.78. The zero-order valence-electron chi connectivity index (χ0n) is 11.1. The first-order valence-electron chi connectivity index (χ1n) is 6.35. The van der Waals surface area contributed by atoms with Gasteiger partial charge in [0.1, 0.15) is 12.1 Å². The van der Waals surface area contributed by atoms with Gasteiger partial charge in [0.2, 0.25) is 0 Å². The molecule has 1 aromatic rings. The van der Waals surface area contributed by atoms with Crippen LogP contribution in [0.15, 0.2) is 58.2 Å². The Morgan fingerprint density at radius 2 is 2.14 bits per heavy atom. The molecule has 0 saturated heterocycles. The van der Waals surface area contributed by atoms with Gasteiger partial charge in [-0.2, -0.15) is 5.10 Å². The summed E-state index contributed by atoms with van der Waals surface area (Å²) in [6, 6.07) is 0. The van der Waals surface area contributed by atoms with E-state index in [1.807, 2.05) is 12.2 Å². The van der Waals surface area contributed by atoms with Gasteiger partial charge in [-0.25, -0.2) is 0 Å². The average molecular weight is 286 g/mol. The number of rotatable bonds is 3. The molecule has 8 heteroatoms. The number of H-pyrrole nitrogens is 1. The van der Waals surface area contributed by atoms with Crippen LogP contribution in [0.5, 0.6) is 0 Å². The molecule has 0 atom stereocenters. The summed E-state index contributed by atoms with van der Waals surface area (Å²) in [6.07, 6.45) is 10.8. The van der Waals surface area contributed by atoms with E-state index in [0.29, 0.717) is 5.76 Å². The maximum Gasteiger partial charge on any atom is 0.274 e. The van der Waals surface area contributed by atoms with Crippen LogP contribution in [0.2, 0.25) is 0 Å². The third-order valence-electron chi connectivity index (χ3n) is 2.93. The third-order valence-corrected chi connectivity index (χ3v) is 2.93. The van der Waals surface area contributed by atoms with Gasteiger partial charge in [0.15, 0.2) is 23.5 Å². The molecule has 108 valence electrons. The largest absolute Gasteiger partial charge is 0.463 e. The lowest BCUT2D eigenvalue weighted by Crippen LogP contribution is -2.02. The molecule has 5 N–H and O–H groups in total. The first kappa shape index (κ1) is 13.0. The fourth-order valence-corrected chi connectivity index (χ4v) is 1.88. The van der Waals surface area contributed by atoms with Crippen LogP contribution in [0, 0.1) is 0 Å². The highest BCUT2D eigenvalue weighted by Gasteiger charge is 2.15. The lowest BCUT2D eigenvalue weighted by Gasteiger charge is -2.16. The molecule has 0 saturated carbocycles. The van der Waals surface area contributed by atoms with Crippen LogP contribution in [-0.2, 0) is 9.47 Å². The van der Waals surface area contributed by atoms with Crippen molar-refractivity contribution in [3.63, 3.8) is 0 Å². The van der Waals surface area contributed by atoms with E-state index < -0.39 is 0 Å². The Kier molecular flexibility index (Phi) is 3.42. The molecule has 3 rings (SSSR count). The number of aromatic amines is 1. The number of aromatic nitrogens is 2. The van der Waals surface area contributed by atoms with E-state index in [2.05, 4.69) is 26.5 Å². The molecule has 0 fully saturated rings. The van der Waals surface area contributed by atoms with E-state index >= 15 is 0 Å². The molecule has 8 nitrogen and oxygen atoms in total. The molecule has 2 aliphatic rings. The second-order valence-corrected chi connectivity index (χ2v) is 4.41. The lowest BCUT2D eigenvalue weighted by molar-refractivity contribution is 0.224. The fourth-order valence-electron chi connectivity index (χ4n) is 1.88. The van der Waals surface area contributed by atoms with Gasteiger partial charge in [0.25, 0.3) is 5.88 Å². The van der Waals surface area contributed by atoms with Gasteiger partial charge in [-0.1, -0.05) is 18.2 Å². The zero-order chi connectivity index (χ0) is 14.7. The molecule has 0 unspecified atom stereocenters. The summed E-state index contributed by atoms with van der Waals surface area (Å²) in [5.41, 5.74) is 12.6. The molecule has 1 aliphatic carbocycles. The van der Waals surface area contributed by atoms with Crippen molar-refractivity contribution in [1.82, 2.24) is 10.2 Å². The zero-order valence-corrected chi connectivity index (χ0v) is 11.1. The van der Waals surface area contributed by atoms with Gasteiger partial charge in [0, 0.05) is 0 Å². The predicted molar refractivity (Wildman–Crippen MR) is 76.7 cm³/mol. The predicted octanol–water partition coefficient (Wildman–Crippen LogP) is 2.62. The van der Waals surface area contributed by atoms with Crippen molar-refractivity contribution in [3.05, 3.63) is 48.0 Å². The molecular formula is C13H14N6O2. The maximum absolute atomic E-state index is 5.63. The van der Waals surface area contributed by atoms with E-state index in [-0.39, 0.29) is 23.2 Å². The molecule has 21 heavy (non-hydrogen) atoms. The van der Waals surface area contributed by atoms with E-state index in [9.17, 15) is 0 Å². The summed E-state index contributed by atoms with van der Waals surface area (Å²) in [7, 11) is 0. The molecule has 1 aromatic heterocycles. The topological polar surface area (TPSA) is 124 Å². The number of nitrogens with zero attached hydrogens (tertiary/aromatic N) is 3. The first-order valence-corrected chi connectivity index (χ1v) is 6.35. The lowest BCUT2D eigenvalue weighted by atomic mass is 10.0. The Bertz CT molecular complexity index is 676. The van der Waals surface area contributed by atoms with Crippen LogP contribution < -0.4 is 11.5 Å². The minimum absolute atomic E-state index is 0.171. The monoisotopic (exact) mass is 286 g/mol. The van der Waals surface area contributed by atoms with Crippen LogP contribution in [0.4, 0.5) is 17.3 Å². The number of nitrogen functional groups attached to an aromatic ring is 2. The van der Waals surface area contributed by atoms with Gasteiger partial charge in [0.05, 0.1) is 0 Å². The smallest absolute Gasteiger partial charge is 0.274 e. The van der Waals surface area contributed by atoms with Crippen LogP contribution in [0.25, 0.3) is 0 Å². The number of azo groups is 1. The summed E-state index contributed by atoms with van der Waals surface area (Å²) in [4.78, 5) is 0. The Morgan fingerprint density at radius 3 is 2.86 bits per heavy atom. The highest BCUT2D eigenvalue weighted by molar-refractivity contribution is 5.70. The summed E-state index contributed by atoms with van der Waals surface area (Å²) < 4.78 is 10.9. The van der Waals surface area contributed by atoms with Crippen molar-refractivity contribution >= 4 is 17.3 Å². The Hall–Kier alpha value is -3.03. The minimum Gasteiger partial charge on any atom is -0.463 e. The Labute approximate surface area is 120 Å². The number of hydrogen-bond donors (Lipinski definition) is 3. The van der Waals surface area contributed by atoms with Crippen LogP contribution in [0.1, 0.15) is 12.8 Å². The first-order chi connectivity index (χ1) is 10.2. The highest BCUT2D eigenvalue weighted by atomic mass is 16.6. The van der Waals surface area contributed by atoms with E-state index in [0.717, 1.165) is 18.4 Å². The van der Waals surface area contributed by atoms with Crippen molar-refractivity contribution in [2.24, 2.45) is 10.2 Å². The second kappa shape index (κ2) is 5.53. The van der Waals surface area contributed by atoms with E-state index in [1.165, 1.54) is 12.5 Å². The van der Waals surface area contributed by atoms with E-state index in [1.54, 1.807) is 0 Å². The SMILES string of the molecule is Nc1n[nH]c(N)c1N=NC1=COC=C(C2=CC=CCC2)O1. The van der Waals surface area contributed by atoms with Crippen molar-refractivity contribution < 1.29 is 9.47 Å². The molecule has 0 amide bonds. The molecule has 0 bridgehead atoms. The van der Waals surface area contributed by atoms with Crippen molar-refractivity contribution in [1.29, 1.82) is 0 Å². The number of hydrogen-bond acceptors (Lipinski definition) is 7. The van der Waals surface area contributed by atoms with E-state index in [4.69, 9.17) is 20.9 Å². The van der Waals surface area contributed by atoms with Crippen LogP contribution in [-0.4, -0.2) is 10.2 Å². The fraction of sp³-hybridized carbons (Fsp3) is 0.154. The van der Waals surface area contributed by atoms with Crippen molar-refractivity contribution in [2.75, 3.05) is 11.5 Å². The molecular weight excluding hydrogens is 272 g/mol. The van der Waals surface area contributed by atoms with Crippen molar-refractivity contribution in [2.45, 2.75) is 12.8 Å². The van der Waals surface area contributed by atoms with Gasteiger partial charge in [-0.15, -0.1) is 10.2 Å². The van der Waals surface area contributed by atoms with Gasteiger partial charge in [-0.05, 0) is 18.4 Å². The summed E-state index contributed by atoms with van der Waals surface area (Å²) in [5, 5.41) is 14.1. The van der Waals surface area contributed by atoms with Gasteiger partial charge >= 0.3 is 0 Å². The molecule has 1 aliphatic heterocycles. The summed E-state index contributed by atoms with van der Waals surface area (Å²) in [6.45, 7) is 0. The number of anilines is 2. The Balaban J connectivity index is 1.72. The average Bonchev–Trinajstić information content (AvgIpc) is 2.85.